The first kappa shape index (κ1) is 21.8. The summed E-state index contributed by atoms with van der Waals surface area (Å²) in [5.74, 6) is 0.482. The molecule has 0 aromatic heterocycles. The van der Waals surface area contributed by atoms with E-state index in [0.29, 0.717) is 5.76 Å². The second-order valence-electron chi connectivity index (χ2n) is 5.70. The van der Waals surface area contributed by atoms with Gasteiger partial charge in [0.2, 0.25) is 0 Å². The summed E-state index contributed by atoms with van der Waals surface area (Å²) in [5, 5.41) is 3.98. The minimum absolute atomic E-state index is 0.0935. The zero-order valence-electron chi connectivity index (χ0n) is 15.3. The quantitative estimate of drug-likeness (QED) is 0.265. The third kappa shape index (κ3) is 8.01. The van der Waals surface area contributed by atoms with Gasteiger partial charge in [-0.05, 0) is 24.1 Å². The monoisotopic (exact) mass is 410 g/mol. The van der Waals surface area contributed by atoms with Gasteiger partial charge in [0, 0.05) is 31.1 Å². The molecule has 0 saturated carbocycles. The number of hydrazone groups is 1. The number of alkyl halides is 3. The van der Waals surface area contributed by atoms with Crippen molar-refractivity contribution in [2.24, 2.45) is 10.1 Å². The lowest BCUT2D eigenvalue weighted by molar-refractivity contribution is -0.0336. The Bertz CT molecular complexity index is 801. The van der Waals surface area contributed by atoms with Crippen LogP contribution in [0, 0.1) is 0 Å². The van der Waals surface area contributed by atoms with Crippen LogP contribution in [0.3, 0.4) is 0 Å². The predicted molar refractivity (Wildman–Crippen MR) is 107 cm³/mol. The number of rotatable bonds is 9. The summed E-state index contributed by atoms with van der Waals surface area (Å²) in [6.07, 6.45) is 7.59. The van der Waals surface area contributed by atoms with Crippen LogP contribution < -0.4 is 10.1 Å². The first-order valence-corrected chi connectivity index (χ1v) is 9.22. The van der Waals surface area contributed by atoms with Crippen LogP contribution >= 0.6 is 11.9 Å². The number of aliphatic imine (C=N–C) groups is 1. The van der Waals surface area contributed by atoms with Crippen molar-refractivity contribution < 1.29 is 17.9 Å². The highest BCUT2D eigenvalue weighted by atomic mass is 32.2. The van der Waals surface area contributed by atoms with Gasteiger partial charge in [0.05, 0.1) is 17.6 Å². The summed E-state index contributed by atoms with van der Waals surface area (Å²) < 4.78 is 44.5. The second kappa shape index (κ2) is 10.7. The first-order valence-electron chi connectivity index (χ1n) is 8.40. The molecule has 28 heavy (non-hydrogen) atoms. The fourth-order valence-corrected chi connectivity index (χ4v) is 2.59. The summed E-state index contributed by atoms with van der Waals surface area (Å²) in [7, 11) is 0. The standard InChI is InChI=1S/C19H21F3N4OS/c1-3-17(12-23-14(2)18-8-5-9-24-26-18)27-13-16-7-4-6-15(10-16)11-25-28-19(20,21)22/h3-4,6-10,12,25-26H,1,5,11,13H2,2H3/b17-12+,23-14+. The Morgan fingerprint density at radius 1 is 1.43 bits per heavy atom. The largest absolute Gasteiger partial charge is 0.487 e. The van der Waals surface area contributed by atoms with Gasteiger partial charge < -0.3 is 4.74 Å². The summed E-state index contributed by atoms with van der Waals surface area (Å²) in [4.78, 5) is 4.35. The Balaban J connectivity index is 1.91. The van der Waals surface area contributed by atoms with Crippen LogP contribution in [0.1, 0.15) is 24.5 Å². The van der Waals surface area contributed by atoms with Crippen LogP contribution in [0.5, 0.6) is 0 Å². The SMILES string of the molecule is C=C/C(=C\N=C(/C)C1=CCC=NN1)OCc1cccc(CNSC(F)(F)F)c1. The molecule has 0 radical (unpaired) electrons. The van der Waals surface area contributed by atoms with Gasteiger partial charge in [0.1, 0.15) is 12.4 Å². The molecule has 0 atom stereocenters. The Labute approximate surface area is 166 Å². The van der Waals surface area contributed by atoms with E-state index in [1.165, 1.54) is 0 Å². The van der Waals surface area contributed by atoms with Crippen molar-refractivity contribution >= 4 is 23.9 Å². The number of nitrogens with one attached hydrogen (secondary N) is 2. The third-order valence-corrected chi connectivity index (χ3v) is 4.06. The van der Waals surface area contributed by atoms with E-state index < -0.39 is 5.51 Å². The third-order valence-electron chi connectivity index (χ3n) is 3.54. The summed E-state index contributed by atoms with van der Waals surface area (Å²) in [5.41, 5.74) is 1.72. The normalized spacial score (nSPS) is 15.1. The van der Waals surface area contributed by atoms with Crippen molar-refractivity contribution in [2.75, 3.05) is 0 Å². The minimum atomic E-state index is -4.31. The molecule has 0 unspecified atom stereocenters. The number of allylic oxidation sites excluding steroid dienone is 3. The van der Waals surface area contributed by atoms with Gasteiger partial charge in [-0.15, -0.1) is 0 Å². The second-order valence-corrected chi connectivity index (χ2v) is 6.66. The fourth-order valence-electron chi connectivity index (χ4n) is 2.19. The number of nitrogens with zero attached hydrogens (tertiary/aromatic N) is 2. The lowest BCUT2D eigenvalue weighted by atomic mass is 10.1. The van der Waals surface area contributed by atoms with Crippen LogP contribution in [0.4, 0.5) is 13.2 Å². The zero-order valence-corrected chi connectivity index (χ0v) is 16.1. The average molecular weight is 410 g/mol. The minimum Gasteiger partial charge on any atom is -0.487 e. The number of halogens is 3. The van der Waals surface area contributed by atoms with Gasteiger partial charge in [-0.2, -0.15) is 18.3 Å². The number of hydrogen-bond acceptors (Lipinski definition) is 6. The molecule has 150 valence electrons. The molecule has 0 spiro atoms. The smallest absolute Gasteiger partial charge is 0.456 e. The van der Waals surface area contributed by atoms with Gasteiger partial charge >= 0.3 is 5.51 Å². The van der Waals surface area contributed by atoms with Crippen molar-refractivity contribution in [3.63, 3.8) is 0 Å². The van der Waals surface area contributed by atoms with Crippen molar-refractivity contribution in [3.8, 4) is 0 Å². The lowest BCUT2D eigenvalue weighted by Crippen LogP contribution is -2.15. The lowest BCUT2D eigenvalue weighted by Gasteiger charge is -2.10. The molecule has 1 aliphatic rings. The van der Waals surface area contributed by atoms with Crippen molar-refractivity contribution in [2.45, 2.75) is 32.0 Å². The van der Waals surface area contributed by atoms with Gasteiger partial charge in [-0.1, -0.05) is 36.9 Å². The molecule has 2 N–H and O–H groups in total. The van der Waals surface area contributed by atoms with Gasteiger partial charge in [0.25, 0.3) is 0 Å². The van der Waals surface area contributed by atoms with Crippen molar-refractivity contribution in [1.82, 2.24) is 10.1 Å². The van der Waals surface area contributed by atoms with Crippen LogP contribution in [-0.4, -0.2) is 17.4 Å². The molecule has 0 fully saturated rings. The molecular formula is C19H21F3N4OS. The zero-order chi connectivity index (χ0) is 20.4. The highest BCUT2D eigenvalue weighted by Gasteiger charge is 2.28. The molecule has 0 saturated heterocycles. The Hall–Kier alpha value is -2.52. The molecular weight excluding hydrogens is 389 g/mol. The van der Waals surface area contributed by atoms with Gasteiger partial charge in [-0.25, -0.2) is 0 Å². The maximum Gasteiger partial charge on any atom is 0.456 e. The molecule has 5 nitrogen and oxygen atoms in total. The van der Waals surface area contributed by atoms with E-state index >= 15 is 0 Å². The van der Waals surface area contributed by atoms with Crippen LogP contribution in [0.25, 0.3) is 0 Å². The fraction of sp³-hybridized carbons (Fsp3) is 0.263. The number of ether oxygens (including phenoxy) is 1. The molecule has 0 bridgehead atoms. The molecule has 1 aromatic carbocycles. The Morgan fingerprint density at radius 3 is 2.89 bits per heavy atom. The van der Waals surface area contributed by atoms with E-state index in [0.717, 1.165) is 29.0 Å². The topological polar surface area (TPSA) is 58.0 Å². The summed E-state index contributed by atoms with van der Waals surface area (Å²) in [6.45, 7) is 5.90. The predicted octanol–water partition coefficient (Wildman–Crippen LogP) is 4.81. The van der Waals surface area contributed by atoms with Gasteiger partial charge in [0.15, 0.2) is 0 Å². The average Bonchev–Trinajstić information content (AvgIpc) is 2.68. The van der Waals surface area contributed by atoms with Crippen molar-refractivity contribution in [3.05, 3.63) is 71.8 Å². The molecule has 1 aliphatic heterocycles. The van der Waals surface area contributed by atoms with Crippen LogP contribution in [-0.2, 0) is 17.9 Å². The van der Waals surface area contributed by atoms with E-state index in [9.17, 15) is 13.2 Å². The van der Waals surface area contributed by atoms with Crippen LogP contribution in [0.15, 0.2) is 70.7 Å². The van der Waals surface area contributed by atoms with E-state index in [1.807, 2.05) is 19.1 Å². The molecule has 1 heterocycles. The van der Waals surface area contributed by atoms with E-state index in [2.05, 4.69) is 26.8 Å². The molecule has 1 aromatic rings. The molecule has 9 heteroatoms. The van der Waals surface area contributed by atoms with E-state index in [4.69, 9.17) is 4.74 Å². The number of benzene rings is 1. The Morgan fingerprint density at radius 2 is 2.21 bits per heavy atom. The highest BCUT2D eigenvalue weighted by Crippen LogP contribution is 2.27. The summed E-state index contributed by atoms with van der Waals surface area (Å²) >= 11 is -0.260. The molecule has 2 rings (SSSR count). The van der Waals surface area contributed by atoms with Crippen LogP contribution in [0.2, 0.25) is 0 Å². The Kier molecular flexibility index (Phi) is 8.34. The molecule has 0 aliphatic carbocycles. The maximum absolute atomic E-state index is 12.2. The number of hydrogen-bond donors (Lipinski definition) is 2. The highest BCUT2D eigenvalue weighted by molar-refractivity contribution is 7.98. The maximum atomic E-state index is 12.2. The van der Waals surface area contributed by atoms with E-state index in [1.54, 1.807) is 36.7 Å². The summed E-state index contributed by atoms with van der Waals surface area (Å²) in [6, 6.07) is 7.15. The molecule has 0 amide bonds. The van der Waals surface area contributed by atoms with Crippen molar-refractivity contribution in [1.29, 1.82) is 0 Å². The first-order chi connectivity index (χ1) is 13.4. The van der Waals surface area contributed by atoms with Gasteiger partial charge in [-0.3, -0.25) is 15.1 Å². The van der Waals surface area contributed by atoms with E-state index in [-0.39, 0.29) is 25.1 Å².